The monoisotopic (exact) mass is 359 g/mol. The zero-order valence-electron chi connectivity index (χ0n) is 15.3. The van der Waals surface area contributed by atoms with Crippen LogP contribution in [0.3, 0.4) is 0 Å². The normalized spacial score (nSPS) is 11.5. The number of ketones is 1. The smallest absolute Gasteiger partial charge is 0.270 e. The van der Waals surface area contributed by atoms with E-state index in [1.54, 1.807) is 24.3 Å². The van der Waals surface area contributed by atoms with Crippen molar-refractivity contribution in [2.24, 2.45) is 0 Å². The van der Waals surface area contributed by atoms with Gasteiger partial charge >= 0.3 is 0 Å². The fraction of sp³-hybridized carbons (Fsp3) is 0.130. The molecule has 0 saturated carbocycles. The summed E-state index contributed by atoms with van der Waals surface area (Å²) in [7, 11) is 0. The number of amides is 1. The lowest BCUT2D eigenvalue weighted by Gasteiger charge is -2.19. The van der Waals surface area contributed by atoms with Gasteiger partial charge in [-0.3, -0.25) is 9.59 Å². The van der Waals surface area contributed by atoms with Crippen LogP contribution in [0.5, 0.6) is 5.75 Å². The van der Waals surface area contributed by atoms with E-state index in [9.17, 15) is 9.59 Å². The van der Waals surface area contributed by atoms with Crippen LogP contribution in [0.1, 0.15) is 34.5 Å². The van der Waals surface area contributed by atoms with E-state index in [1.165, 1.54) is 6.92 Å². The van der Waals surface area contributed by atoms with Crippen LogP contribution in [-0.4, -0.2) is 11.7 Å². The zero-order chi connectivity index (χ0) is 19.2. The number of hydrogen-bond donors (Lipinski definition) is 1. The molecule has 4 heteroatoms. The van der Waals surface area contributed by atoms with Gasteiger partial charge in [0.05, 0.1) is 0 Å². The molecule has 0 aromatic heterocycles. The van der Waals surface area contributed by atoms with Gasteiger partial charge in [-0.15, -0.1) is 0 Å². The van der Waals surface area contributed by atoms with Crippen LogP contribution in [-0.2, 0) is 4.79 Å². The molecule has 0 aliphatic heterocycles. The average molecular weight is 359 g/mol. The van der Waals surface area contributed by atoms with Crippen LogP contribution in [0.25, 0.3) is 0 Å². The van der Waals surface area contributed by atoms with Crippen LogP contribution in [0, 0.1) is 6.92 Å². The Bertz CT molecular complexity index is 916. The Kier molecular flexibility index (Phi) is 5.67. The van der Waals surface area contributed by atoms with Crippen molar-refractivity contribution in [3.05, 3.63) is 95.6 Å². The Labute approximate surface area is 158 Å². The van der Waals surface area contributed by atoms with Gasteiger partial charge in [-0.25, -0.2) is 0 Å². The van der Waals surface area contributed by atoms with Gasteiger partial charge in [0.15, 0.2) is 5.78 Å². The molecule has 0 fully saturated rings. The number of benzene rings is 3. The first-order chi connectivity index (χ1) is 13.0. The zero-order valence-corrected chi connectivity index (χ0v) is 15.3. The Morgan fingerprint density at radius 3 is 2.07 bits per heavy atom. The molecule has 27 heavy (non-hydrogen) atoms. The van der Waals surface area contributed by atoms with Gasteiger partial charge in [0.2, 0.25) is 6.10 Å². The second-order valence-electron chi connectivity index (χ2n) is 6.34. The highest BCUT2D eigenvalue weighted by Gasteiger charge is 2.23. The van der Waals surface area contributed by atoms with Gasteiger partial charge in [-0.1, -0.05) is 48.0 Å². The third-order valence-corrected chi connectivity index (χ3v) is 4.17. The molecular formula is C23H21NO3. The second kappa shape index (κ2) is 8.32. The van der Waals surface area contributed by atoms with Crippen molar-refractivity contribution in [2.75, 3.05) is 5.32 Å². The van der Waals surface area contributed by atoms with Crippen LogP contribution < -0.4 is 10.1 Å². The van der Waals surface area contributed by atoms with E-state index in [0.29, 0.717) is 17.0 Å². The lowest BCUT2D eigenvalue weighted by Crippen LogP contribution is -2.25. The predicted molar refractivity (Wildman–Crippen MR) is 106 cm³/mol. The van der Waals surface area contributed by atoms with Gasteiger partial charge < -0.3 is 10.1 Å². The minimum atomic E-state index is -0.810. The molecular weight excluding hydrogens is 338 g/mol. The summed E-state index contributed by atoms with van der Waals surface area (Å²) in [6.45, 7) is 3.50. The van der Waals surface area contributed by atoms with Crippen molar-refractivity contribution in [3.8, 4) is 5.75 Å². The van der Waals surface area contributed by atoms with Crippen LogP contribution in [0.15, 0.2) is 78.9 Å². The van der Waals surface area contributed by atoms with Crippen LogP contribution in [0.2, 0.25) is 0 Å². The number of nitrogens with one attached hydrogen (secondary N) is 1. The summed E-state index contributed by atoms with van der Waals surface area (Å²) in [4.78, 5) is 24.3. The Balaban J connectivity index is 1.83. The summed E-state index contributed by atoms with van der Waals surface area (Å²) in [5.41, 5.74) is 3.18. The molecule has 3 rings (SSSR count). The highest BCUT2D eigenvalue weighted by atomic mass is 16.5. The molecule has 0 aliphatic rings. The van der Waals surface area contributed by atoms with Crippen molar-refractivity contribution in [3.63, 3.8) is 0 Å². The van der Waals surface area contributed by atoms with E-state index < -0.39 is 6.10 Å². The fourth-order valence-corrected chi connectivity index (χ4v) is 2.65. The maximum Gasteiger partial charge on any atom is 0.270 e. The molecule has 4 nitrogen and oxygen atoms in total. The highest BCUT2D eigenvalue weighted by Crippen LogP contribution is 2.24. The van der Waals surface area contributed by atoms with Crippen molar-refractivity contribution in [1.82, 2.24) is 0 Å². The van der Waals surface area contributed by atoms with Gasteiger partial charge in [-0.05, 0) is 50.2 Å². The molecule has 0 unspecified atom stereocenters. The van der Waals surface area contributed by atoms with E-state index in [2.05, 4.69) is 5.32 Å². The predicted octanol–water partition coefficient (Wildman–Crippen LogP) is 4.96. The van der Waals surface area contributed by atoms with Crippen LogP contribution >= 0.6 is 0 Å². The summed E-state index contributed by atoms with van der Waals surface area (Å²) in [6.07, 6.45) is -0.810. The highest BCUT2D eigenvalue weighted by molar-refractivity contribution is 5.95. The molecule has 0 spiro atoms. The van der Waals surface area contributed by atoms with E-state index in [0.717, 1.165) is 11.1 Å². The van der Waals surface area contributed by atoms with Gasteiger partial charge in [0.25, 0.3) is 5.91 Å². The molecule has 136 valence electrons. The van der Waals surface area contributed by atoms with E-state index in [4.69, 9.17) is 4.74 Å². The summed E-state index contributed by atoms with van der Waals surface area (Å²) in [6, 6.07) is 23.7. The number of carbonyl (C=O) groups excluding carboxylic acids is 2. The largest absolute Gasteiger partial charge is 0.476 e. The minimum absolute atomic E-state index is 0.0155. The number of hydrogen-bond acceptors (Lipinski definition) is 3. The maximum atomic E-state index is 12.9. The third kappa shape index (κ3) is 4.82. The van der Waals surface area contributed by atoms with Gasteiger partial charge in [0.1, 0.15) is 5.75 Å². The number of ether oxygens (including phenoxy) is 1. The number of anilines is 1. The van der Waals surface area contributed by atoms with E-state index >= 15 is 0 Å². The van der Waals surface area contributed by atoms with E-state index in [1.807, 2.05) is 61.5 Å². The first-order valence-electron chi connectivity index (χ1n) is 8.73. The van der Waals surface area contributed by atoms with Gasteiger partial charge in [-0.2, -0.15) is 0 Å². The lowest BCUT2D eigenvalue weighted by atomic mass is 10.1. The second-order valence-corrected chi connectivity index (χ2v) is 6.34. The first kappa shape index (κ1) is 18.4. The number of Topliss-reactive ketones (excluding diaryl/α,β-unsaturated/α-hetero) is 1. The molecule has 0 bridgehead atoms. The maximum absolute atomic E-state index is 12.9. The molecule has 3 aromatic rings. The number of carbonyl (C=O) groups is 2. The summed E-state index contributed by atoms with van der Waals surface area (Å²) >= 11 is 0. The lowest BCUT2D eigenvalue weighted by molar-refractivity contribution is -0.123. The fourth-order valence-electron chi connectivity index (χ4n) is 2.65. The SMILES string of the molecule is CC(=O)c1ccc(O[C@@H](C(=O)Nc2ccc(C)cc2)c2ccccc2)cc1. The number of rotatable bonds is 6. The topological polar surface area (TPSA) is 55.4 Å². The van der Waals surface area contributed by atoms with Crippen molar-refractivity contribution in [2.45, 2.75) is 20.0 Å². The molecule has 0 saturated heterocycles. The molecule has 1 amide bonds. The first-order valence-corrected chi connectivity index (χ1v) is 8.73. The average Bonchev–Trinajstić information content (AvgIpc) is 2.69. The van der Waals surface area contributed by atoms with Crippen molar-refractivity contribution >= 4 is 17.4 Å². The molecule has 0 heterocycles. The Hall–Kier alpha value is -3.40. The Morgan fingerprint density at radius 1 is 0.852 bits per heavy atom. The molecule has 1 N–H and O–H groups in total. The van der Waals surface area contributed by atoms with E-state index in [-0.39, 0.29) is 11.7 Å². The minimum Gasteiger partial charge on any atom is -0.476 e. The van der Waals surface area contributed by atoms with Crippen molar-refractivity contribution in [1.29, 1.82) is 0 Å². The third-order valence-electron chi connectivity index (χ3n) is 4.17. The number of aryl methyl sites for hydroxylation is 1. The van der Waals surface area contributed by atoms with Crippen molar-refractivity contribution < 1.29 is 14.3 Å². The standard InChI is InChI=1S/C23H21NO3/c1-16-8-12-20(13-9-16)24-23(26)22(19-6-4-3-5-7-19)27-21-14-10-18(11-15-21)17(2)25/h3-15,22H,1-2H3,(H,24,26)/t22-/m1/s1. The summed E-state index contributed by atoms with van der Waals surface area (Å²) < 4.78 is 5.97. The van der Waals surface area contributed by atoms with Gasteiger partial charge in [0, 0.05) is 16.8 Å². The summed E-state index contributed by atoms with van der Waals surface area (Å²) in [5.74, 6) is 0.242. The molecule has 0 aliphatic carbocycles. The quantitative estimate of drug-likeness (QED) is 0.633. The Morgan fingerprint density at radius 2 is 1.48 bits per heavy atom. The summed E-state index contributed by atoms with van der Waals surface area (Å²) in [5, 5.41) is 2.90. The molecule has 1 atom stereocenters. The molecule has 0 radical (unpaired) electrons. The van der Waals surface area contributed by atoms with Crippen LogP contribution in [0.4, 0.5) is 5.69 Å². The molecule has 3 aromatic carbocycles.